The molecular formula is C14H20N2O4. The van der Waals surface area contributed by atoms with Gasteiger partial charge in [0, 0.05) is 20.6 Å². The Hall–Kier alpha value is -2.24. The quantitative estimate of drug-likeness (QED) is 0.841. The minimum atomic E-state index is -0.248. The van der Waals surface area contributed by atoms with Gasteiger partial charge >= 0.3 is 0 Å². The van der Waals surface area contributed by atoms with E-state index in [1.165, 1.54) is 12.0 Å². The number of likely N-dealkylation sites (N-methyl/N-ethyl adjacent to an activating group) is 1. The molecule has 0 aromatic heterocycles. The van der Waals surface area contributed by atoms with Crippen LogP contribution in [-0.4, -0.2) is 51.1 Å². The lowest BCUT2D eigenvalue weighted by Crippen LogP contribution is -2.29. The molecule has 0 unspecified atom stereocenters. The van der Waals surface area contributed by atoms with Gasteiger partial charge < -0.3 is 19.7 Å². The predicted molar refractivity (Wildman–Crippen MR) is 75.2 cm³/mol. The van der Waals surface area contributed by atoms with Crippen molar-refractivity contribution in [3.05, 3.63) is 23.8 Å². The molecule has 0 saturated heterocycles. The zero-order chi connectivity index (χ0) is 15.1. The first-order valence-electron chi connectivity index (χ1n) is 6.29. The van der Waals surface area contributed by atoms with Gasteiger partial charge in [0.05, 0.1) is 12.7 Å². The highest BCUT2D eigenvalue weighted by Crippen LogP contribution is 2.31. The van der Waals surface area contributed by atoms with E-state index in [0.717, 1.165) is 0 Å². The Morgan fingerprint density at radius 1 is 1.30 bits per heavy atom. The number of rotatable bonds is 6. The van der Waals surface area contributed by atoms with Crippen molar-refractivity contribution in [1.82, 2.24) is 10.2 Å². The molecule has 6 nitrogen and oxygen atoms in total. The van der Waals surface area contributed by atoms with E-state index in [1.807, 2.05) is 6.92 Å². The second-order valence-electron chi connectivity index (χ2n) is 4.28. The number of ether oxygens (including phenoxy) is 2. The van der Waals surface area contributed by atoms with E-state index in [9.17, 15) is 9.59 Å². The van der Waals surface area contributed by atoms with Crippen LogP contribution in [0.3, 0.4) is 0 Å². The highest BCUT2D eigenvalue weighted by atomic mass is 16.5. The number of methoxy groups -OCH3 is 1. The molecule has 2 amide bonds. The third-order valence-electron chi connectivity index (χ3n) is 2.56. The minimum Gasteiger partial charge on any atom is -0.493 e. The lowest BCUT2D eigenvalue weighted by atomic mass is 10.1. The summed E-state index contributed by atoms with van der Waals surface area (Å²) in [7, 11) is 4.78. The molecule has 0 radical (unpaired) electrons. The van der Waals surface area contributed by atoms with E-state index in [4.69, 9.17) is 9.47 Å². The number of benzene rings is 1. The van der Waals surface area contributed by atoms with Crippen molar-refractivity contribution >= 4 is 11.8 Å². The number of hydrogen-bond donors (Lipinski definition) is 1. The van der Waals surface area contributed by atoms with Gasteiger partial charge in [0.15, 0.2) is 18.1 Å². The number of para-hydroxylation sites is 1. The molecule has 1 aromatic rings. The third kappa shape index (κ3) is 3.88. The molecule has 0 aliphatic carbocycles. The second kappa shape index (κ2) is 7.37. The van der Waals surface area contributed by atoms with Crippen LogP contribution < -0.4 is 14.8 Å². The van der Waals surface area contributed by atoms with E-state index in [1.54, 1.807) is 32.3 Å². The summed E-state index contributed by atoms with van der Waals surface area (Å²) in [6.07, 6.45) is 0. The monoisotopic (exact) mass is 280 g/mol. The van der Waals surface area contributed by atoms with Crippen LogP contribution in [0.1, 0.15) is 17.3 Å². The van der Waals surface area contributed by atoms with Crippen molar-refractivity contribution in [2.45, 2.75) is 6.92 Å². The van der Waals surface area contributed by atoms with Crippen molar-refractivity contribution < 1.29 is 19.1 Å². The smallest absolute Gasteiger partial charge is 0.257 e. The lowest BCUT2D eigenvalue weighted by molar-refractivity contribution is -0.123. The van der Waals surface area contributed by atoms with Gasteiger partial charge in [-0.05, 0) is 19.1 Å². The van der Waals surface area contributed by atoms with Gasteiger partial charge in [0.1, 0.15) is 0 Å². The summed E-state index contributed by atoms with van der Waals surface area (Å²) in [5.74, 6) is 0.235. The lowest BCUT2D eigenvalue weighted by Gasteiger charge is -2.17. The maximum Gasteiger partial charge on any atom is 0.257 e. The van der Waals surface area contributed by atoms with Gasteiger partial charge in [-0.2, -0.15) is 0 Å². The van der Waals surface area contributed by atoms with Crippen molar-refractivity contribution in [2.75, 3.05) is 34.4 Å². The highest BCUT2D eigenvalue weighted by Gasteiger charge is 2.19. The second-order valence-corrected chi connectivity index (χ2v) is 4.28. The summed E-state index contributed by atoms with van der Waals surface area (Å²) in [5, 5.41) is 2.62. The largest absolute Gasteiger partial charge is 0.493 e. The summed E-state index contributed by atoms with van der Waals surface area (Å²) < 4.78 is 10.6. The topological polar surface area (TPSA) is 67.9 Å². The van der Waals surface area contributed by atoms with Crippen molar-refractivity contribution in [2.24, 2.45) is 0 Å². The Kier molecular flexibility index (Phi) is 5.83. The van der Waals surface area contributed by atoms with Crippen LogP contribution >= 0.6 is 0 Å². The molecule has 0 heterocycles. The number of amides is 2. The number of hydrogen-bond acceptors (Lipinski definition) is 4. The normalized spacial score (nSPS) is 9.80. The van der Waals surface area contributed by atoms with Crippen LogP contribution in [0.25, 0.3) is 0 Å². The first-order valence-corrected chi connectivity index (χ1v) is 6.29. The van der Waals surface area contributed by atoms with Gasteiger partial charge in [-0.3, -0.25) is 9.59 Å². The molecule has 0 aliphatic heterocycles. The molecule has 0 bridgehead atoms. The van der Waals surface area contributed by atoms with Crippen LogP contribution in [0.5, 0.6) is 11.5 Å². The molecule has 0 spiro atoms. The molecule has 1 N–H and O–H groups in total. The minimum absolute atomic E-state index is 0.165. The zero-order valence-electron chi connectivity index (χ0n) is 12.2. The highest BCUT2D eigenvalue weighted by molar-refractivity contribution is 5.97. The number of carbonyl (C=O) groups excluding carboxylic acids is 2. The summed E-state index contributed by atoms with van der Waals surface area (Å²) in [6, 6.07) is 5.02. The van der Waals surface area contributed by atoms with Crippen molar-refractivity contribution in [3.8, 4) is 11.5 Å². The summed E-state index contributed by atoms with van der Waals surface area (Å²) in [6.45, 7) is 2.18. The zero-order valence-corrected chi connectivity index (χ0v) is 12.2. The SMILES string of the molecule is CCNC(=O)COc1c(OC)cccc1C(=O)N(C)C. The maximum absolute atomic E-state index is 12.1. The summed E-state index contributed by atoms with van der Waals surface area (Å²) in [4.78, 5) is 25.0. The fourth-order valence-electron chi connectivity index (χ4n) is 1.62. The summed E-state index contributed by atoms with van der Waals surface area (Å²) >= 11 is 0. The molecule has 0 saturated carbocycles. The average molecular weight is 280 g/mol. The van der Waals surface area contributed by atoms with Crippen LogP contribution in [0.4, 0.5) is 0 Å². The Labute approximate surface area is 118 Å². The van der Waals surface area contributed by atoms with E-state index >= 15 is 0 Å². The number of nitrogens with one attached hydrogen (secondary N) is 1. The molecule has 0 atom stereocenters. The summed E-state index contributed by atoms with van der Waals surface area (Å²) in [5.41, 5.74) is 0.360. The first-order chi connectivity index (χ1) is 9.51. The maximum atomic E-state index is 12.1. The Morgan fingerprint density at radius 3 is 2.55 bits per heavy atom. The number of nitrogens with zero attached hydrogens (tertiary/aromatic N) is 1. The van der Waals surface area contributed by atoms with Crippen LogP contribution in [0.2, 0.25) is 0 Å². The molecular weight excluding hydrogens is 260 g/mol. The average Bonchev–Trinajstić information content (AvgIpc) is 2.44. The molecule has 6 heteroatoms. The van der Waals surface area contributed by atoms with E-state index in [2.05, 4.69) is 5.32 Å². The molecule has 20 heavy (non-hydrogen) atoms. The molecule has 110 valence electrons. The van der Waals surface area contributed by atoms with Gasteiger partial charge in [-0.25, -0.2) is 0 Å². The first kappa shape index (κ1) is 15.8. The third-order valence-corrected chi connectivity index (χ3v) is 2.56. The van der Waals surface area contributed by atoms with Crippen LogP contribution in [-0.2, 0) is 4.79 Å². The van der Waals surface area contributed by atoms with E-state index in [0.29, 0.717) is 17.9 Å². The number of carbonyl (C=O) groups is 2. The fraction of sp³-hybridized carbons (Fsp3) is 0.429. The van der Waals surface area contributed by atoms with Gasteiger partial charge in [0.2, 0.25) is 0 Å². The predicted octanol–water partition coefficient (Wildman–Crippen LogP) is 0.912. The van der Waals surface area contributed by atoms with Crippen LogP contribution in [0.15, 0.2) is 18.2 Å². The Bertz CT molecular complexity index is 486. The van der Waals surface area contributed by atoms with Crippen molar-refractivity contribution in [1.29, 1.82) is 0 Å². The van der Waals surface area contributed by atoms with E-state index < -0.39 is 0 Å². The standard InChI is InChI=1S/C14H20N2O4/c1-5-15-12(17)9-20-13-10(14(18)16(2)3)7-6-8-11(13)19-4/h6-8H,5,9H2,1-4H3,(H,15,17). The molecule has 0 fully saturated rings. The van der Waals surface area contributed by atoms with Gasteiger partial charge in [0.25, 0.3) is 11.8 Å². The van der Waals surface area contributed by atoms with Gasteiger partial charge in [-0.1, -0.05) is 6.07 Å². The van der Waals surface area contributed by atoms with E-state index in [-0.39, 0.29) is 24.2 Å². The van der Waals surface area contributed by atoms with Crippen LogP contribution in [0, 0.1) is 0 Å². The Morgan fingerprint density at radius 2 is 2.00 bits per heavy atom. The molecule has 1 aromatic carbocycles. The Balaban J connectivity index is 3.01. The fourth-order valence-corrected chi connectivity index (χ4v) is 1.62. The van der Waals surface area contributed by atoms with Crippen molar-refractivity contribution in [3.63, 3.8) is 0 Å². The molecule has 0 aliphatic rings. The molecule has 1 rings (SSSR count). The van der Waals surface area contributed by atoms with Gasteiger partial charge in [-0.15, -0.1) is 0 Å².